The first-order valence-corrected chi connectivity index (χ1v) is 6.19. The predicted molar refractivity (Wildman–Crippen MR) is 67.3 cm³/mol. The maximum atomic E-state index is 13.8. The molecule has 1 heterocycles. The van der Waals surface area contributed by atoms with Crippen LogP contribution in [-0.4, -0.2) is 28.3 Å². The van der Waals surface area contributed by atoms with Gasteiger partial charge in [-0.25, -0.2) is 4.39 Å². The number of halogens is 1. The molecule has 1 atom stereocenters. The average molecular weight is 277 g/mol. The molecule has 0 aromatic heterocycles. The van der Waals surface area contributed by atoms with Crippen LogP contribution in [0, 0.1) is 27.3 Å². The SMILES string of the molecule is N#CC1CCCCN1C(=O)c1ccc([N+](=O)[O-])cc1F. The van der Waals surface area contributed by atoms with Crippen LogP contribution in [0.4, 0.5) is 10.1 Å². The lowest BCUT2D eigenvalue weighted by atomic mass is 10.0. The largest absolute Gasteiger partial charge is 0.323 e. The van der Waals surface area contributed by atoms with Gasteiger partial charge < -0.3 is 4.90 Å². The fraction of sp³-hybridized carbons (Fsp3) is 0.385. The van der Waals surface area contributed by atoms with E-state index in [0.29, 0.717) is 13.0 Å². The molecule has 1 saturated heterocycles. The molecule has 1 aromatic rings. The smallest absolute Gasteiger partial charge is 0.272 e. The number of piperidine rings is 1. The van der Waals surface area contributed by atoms with Gasteiger partial charge in [0.2, 0.25) is 0 Å². The average Bonchev–Trinajstić information content (AvgIpc) is 2.46. The van der Waals surface area contributed by atoms with E-state index in [4.69, 9.17) is 5.26 Å². The third-order valence-electron chi connectivity index (χ3n) is 3.31. The van der Waals surface area contributed by atoms with Gasteiger partial charge in [-0.1, -0.05) is 0 Å². The van der Waals surface area contributed by atoms with E-state index in [1.807, 2.05) is 6.07 Å². The van der Waals surface area contributed by atoms with E-state index in [1.54, 1.807) is 0 Å². The highest BCUT2D eigenvalue weighted by Crippen LogP contribution is 2.22. The Morgan fingerprint density at radius 3 is 2.85 bits per heavy atom. The molecule has 20 heavy (non-hydrogen) atoms. The Hall–Kier alpha value is -2.49. The van der Waals surface area contributed by atoms with Crippen LogP contribution in [0.25, 0.3) is 0 Å². The second-order valence-corrected chi connectivity index (χ2v) is 4.56. The van der Waals surface area contributed by atoms with E-state index in [-0.39, 0.29) is 5.56 Å². The number of carbonyl (C=O) groups is 1. The Kier molecular flexibility index (Phi) is 3.94. The molecule has 1 fully saturated rings. The molecule has 1 aliphatic rings. The van der Waals surface area contributed by atoms with Crippen molar-refractivity contribution in [2.24, 2.45) is 0 Å². The number of hydrogen-bond acceptors (Lipinski definition) is 4. The van der Waals surface area contributed by atoms with E-state index in [0.717, 1.165) is 31.0 Å². The van der Waals surface area contributed by atoms with Crippen molar-refractivity contribution in [1.29, 1.82) is 5.26 Å². The first kappa shape index (κ1) is 13.9. The Morgan fingerprint density at radius 1 is 1.50 bits per heavy atom. The molecule has 0 N–H and O–H groups in total. The molecule has 0 saturated carbocycles. The van der Waals surface area contributed by atoms with Crippen molar-refractivity contribution < 1.29 is 14.1 Å². The summed E-state index contributed by atoms with van der Waals surface area (Å²) in [4.78, 5) is 23.4. The quantitative estimate of drug-likeness (QED) is 0.612. The zero-order chi connectivity index (χ0) is 14.7. The van der Waals surface area contributed by atoms with Crippen LogP contribution in [0.3, 0.4) is 0 Å². The number of benzene rings is 1. The monoisotopic (exact) mass is 277 g/mol. The summed E-state index contributed by atoms with van der Waals surface area (Å²) >= 11 is 0. The van der Waals surface area contributed by atoms with Gasteiger partial charge >= 0.3 is 0 Å². The van der Waals surface area contributed by atoms with Crippen LogP contribution in [0.15, 0.2) is 18.2 Å². The lowest BCUT2D eigenvalue weighted by molar-refractivity contribution is -0.385. The van der Waals surface area contributed by atoms with Gasteiger partial charge in [0.25, 0.3) is 11.6 Å². The van der Waals surface area contributed by atoms with Crippen LogP contribution in [0.1, 0.15) is 29.6 Å². The minimum absolute atomic E-state index is 0.238. The molecule has 1 amide bonds. The molecule has 2 rings (SSSR count). The van der Waals surface area contributed by atoms with Crippen LogP contribution in [0.2, 0.25) is 0 Å². The van der Waals surface area contributed by atoms with E-state index >= 15 is 0 Å². The molecule has 0 bridgehead atoms. The van der Waals surface area contributed by atoms with Gasteiger partial charge in [0.05, 0.1) is 22.6 Å². The number of likely N-dealkylation sites (tertiary alicyclic amines) is 1. The van der Waals surface area contributed by atoms with Gasteiger partial charge in [0.1, 0.15) is 11.9 Å². The lowest BCUT2D eigenvalue weighted by Gasteiger charge is -2.31. The van der Waals surface area contributed by atoms with Gasteiger partial charge in [-0.2, -0.15) is 5.26 Å². The molecule has 1 aliphatic heterocycles. The molecule has 1 aromatic carbocycles. The highest BCUT2D eigenvalue weighted by molar-refractivity contribution is 5.95. The molecule has 6 nitrogen and oxygen atoms in total. The van der Waals surface area contributed by atoms with Crippen molar-refractivity contribution in [2.45, 2.75) is 25.3 Å². The highest BCUT2D eigenvalue weighted by atomic mass is 19.1. The molecule has 1 unspecified atom stereocenters. The zero-order valence-electron chi connectivity index (χ0n) is 10.6. The highest BCUT2D eigenvalue weighted by Gasteiger charge is 2.29. The standard InChI is InChI=1S/C13H12FN3O3/c14-12-7-9(17(19)20)4-5-11(12)13(18)16-6-2-1-3-10(16)8-15/h4-5,7,10H,1-3,6H2. The van der Waals surface area contributed by atoms with Gasteiger partial charge in [-0.3, -0.25) is 14.9 Å². The van der Waals surface area contributed by atoms with Crippen LogP contribution >= 0.6 is 0 Å². The topological polar surface area (TPSA) is 87.2 Å². The van der Waals surface area contributed by atoms with E-state index < -0.39 is 28.4 Å². The fourth-order valence-electron chi connectivity index (χ4n) is 2.25. The van der Waals surface area contributed by atoms with Crippen molar-refractivity contribution >= 4 is 11.6 Å². The zero-order valence-corrected chi connectivity index (χ0v) is 10.6. The number of nitriles is 1. The van der Waals surface area contributed by atoms with Crippen LogP contribution in [0.5, 0.6) is 0 Å². The van der Waals surface area contributed by atoms with Crippen LogP contribution in [-0.2, 0) is 0 Å². The summed E-state index contributed by atoms with van der Waals surface area (Å²) < 4.78 is 13.8. The summed E-state index contributed by atoms with van der Waals surface area (Å²) in [6, 6.07) is 4.37. The number of carbonyl (C=O) groups excluding carboxylic acids is 1. The Balaban J connectivity index is 2.29. The number of nitrogens with zero attached hydrogens (tertiary/aromatic N) is 3. The fourth-order valence-corrected chi connectivity index (χ4v) is 2.25. The third-order valence-corrected chi connectivity index (χ3v) is 3.31. The Morgan fingerprint density at radius 2 is 2.25 bits per heavy atom. The summed E-state index contributed by atoms with van der Waals surface area (Å²) in [6.07, 6.45) is 2.18. The number of rotatable bonds is 2. The van der Waals surface area contributed by atoms with Crippen molar-refractivity contribution in [3.63, 3.8) is 0 Å². The second-order valence-electron chi connectivity index (χ2n) is 4.56. The maximum Gasteiger partial charge on any atom is 0.272 e. The maximum absolute atomic E-state index is 13.8. The van der Waals surface area contributed by atoms with Gasteiger partial charge in [-0.05, 0) is 25.3 Å². The summed E-state index contributed by atoms with van der Waals surface area (Å²) in [6.45, 7) is 0.396. The number of hydrogen-bond donors (Lipinski definition) is 0. The minimum atomic E-state index is -0.938. The Labute approximate surface area is 114 Å². The molecule has 104 valence electrons. The summed E-state index contributed by atoms with van der Waals surface area (Å²) in [5.41, 5.74) is -0.646. The van der Waals surface area contributed by atoms with Crippen LogP contribution < -0.4 is 0 Å². The second kappa shape index (κ2) is 5.65. The van der Waals surface area contributed by atoms with Gasteiger partial charge in [0, 0.05) is 12.6 Å². The van der Waals surface area contributed by atoms with Crippen molar-refractivity contribution in [2.75, 3.05) is 6.54 Å². The molecular formula is C13H12FN3O3. The Bertz CT molecular complexity index is 597. The molecule has 0 spiro atoms. The van der Waals surface area contributed by atoms with Crippen molar-refractivity contribution in [1.82, 2.24) is 4.90 Å². The van der Waals surface area contributed by atoms with E-state index in [9.17, 15) is 19.3 Å². The summed E-state index contributed by atoms with van der Waals surface area (Å²) in [7, 11) is 0. The predicted octanol–water partition coefficient (Wildman–Crippen LogP) is 2.25. The summed E-state index contributed by atoms with van der Waals surface area (Å²) in [5.74, 6) is -1.53. The number of non-ortho nitro benzene ring substituents is 1. The summed E-state index contributed by atoms with van der Waals surface area (Å²) in [5, 5.41) is 19.6. The minimum Gasteiger partial charge on any atom is -0.323 e. The van der Waals surface area contributed by atoms with Crippen molar-refractivity contribution in [3.8, 4) is 6.07 Å². The third kappa shape index (κ3) is 2.59. The number of nitro groups is 1. The van der Waals surface area contributed by atoms with Gasteiger partial charge in [0.15, 0.2) is 0 Å². The first-order chi connectivity index (χ1) is 9.54. The van der Waals surface area contributed by atoms with Gasteiger partial charge in [-0.15, -0.1) is 0 Å². The molecule has 0 radical (unpaired) electrons. The first-order valence-electron chi connectivity index (χ1n) is 6.19. The molecular weight excluding hydrogens is 265 g/mol. The van der Waals surface area contributed by atoms with E-state index in [1.165, 1.54) is 4.90 Å². The number of nitro benzene ring substituents is 1. The van der Waals surface area contributed by atoms with E-state index in [2.05, 4.69) is 0 Å². The molecule has 0 aliphatic carbocycles. The number of amides is 1. The molecule has 7 heteroatoms. The lowest BCUT2D eigenvalue weighted by Crippen LogP contribution is -2.43. The normalized spacial score (nSPS) is 18.4. The van der Waals surface area contributed by atoms with Crippen molar-refractivity contribution in [3.05, 3.63) is 39.7 Å².